The van der Waals surface area contributed by atoms with E-state index >= 15 is 0 Å². The van der Waals surface area contributed by atoms with Crippen LogP contribution in [0.1, 0.15) is 90.4 Å². The van der Waals surface area contributed by atoms with Gasteiger partial charge < -0.3 is 4.74 Å². The Morgan fingerprint density at radius 3 is 1.96 bits per heavy atom. The van der Waals surface area contributed by atoms with Gasteiger partial charge in [0.25, 0.3) is 0 Å². The molecule has 0 saturated carbocycles. The Morgan fingerprint density at radius 1 is 0.800 bits per heavy atom. The standard InChI is InChI=1S/C23H36O2/c1-2-3-4-5-6-7-8-9-10-11-12-13-14-18-21-23(24)25-22-19-16-15-17-20-22/h14-20H,2-13,21H2,1H3/b18-14+. The summed E-state index contributed by atoms with van der Waals surface area (Å²) in [6.07, 6.45) is 20.5. The lowest BCUT2D eigenvalue weighted by atomic mass is 10.1. The molecule has 0 N–H and O–H groups in total. The van der Waals surface area contributed by atoms with Crippen molar-refractivity contribution in [3.05, 3.63) is 42.5 Å². The van der Waals surface area contributed by atoms with E-state index in [9.17, 15) is 4.79 Å². The van der Waals surface area contributed by atoms with Crippen molar-refractivity contribution in [2.75, 3.05) is 0 Å². The first kappa shape index (κ1) is 21.5. The quantitative estimate of drug-likeness (QED) is 0.145. The van der Waals surface area contributed by atoms with Gasteiger partial charge in [0.2, 0.25) is 0 Å². The summed E-state index contributed by atoms with van der Waals surface area (Å²) >= 11 is 0. The second kappa shape index (κ2) is 15.9. The zero-order valence-corrected chi connectivity index (χ0v) is 16.1. The Labute approximate surface area is 154 Å². The van der Waals surface area contributed by atoms with Crippen molar-refractivity contribution in [1.82, 2.24) is 0 Å². The molecule has 25 heavy (non-hydrogen) atoms. The van der Waals surface area contributed by atoms with Gasteiger partial charge in [0, 0.05) is 0 Å². The minimum atomic E-state index is -0.193. The van der Waals surface area contributed by atoms with Gasteiger partial charge in [-0.05, 0) is 25.0 Å². The van der Waals surface area contributed by atoms with Crippen LogP contribution in [0, 0.1) is 0 Å². The van der Waals surface area contributed by atoms with Gasteiger partial charge in [0.05, 0.1) is 6.42 Å². The van der Waals surface area contributed by atoms with E-state index in [2.05, 4.69) is 13.0 Å². The Hall–Kier alpha value is -1.57. The van der Waals surface area contributed by atoms with Gasteiger partial charge in [0.15, 0.2) is 0 Å². The van der Waals surface area contributed by atoms with Crippen LogP contribution in [0.25, 0.3) is 0 Å². The summed E-state index contributed by atoms with van der Waals surface area (Å²) in [6, 6.07) is 9.24. The van der Waals surface area contributed by atoms with E-state index < -0.39 is 0 Å². The van der Waals surface area contributed by atoms with E-state index in [0.717, 1.165) is 6.42 Å². The second-order valence-electron chi connectivity index (χ2n) is 6.79. The lowest BCUT2D eigenvalue weighted by Crippen LogP contribution is -2.05. The van der Waals surface area contributed by atoms with Crippen LogP contribution in [-0.4, -0.2) is 5.97 Å². The Kier molecular flexibility index (Phi) is 13.7. The molecule has 0 aliphatic heterocycles. The highest BCUT2D eigenvalue weighted by molar-refractivity contribution is 5.73. The molecule has 0 atom stereocenters. The topological polar surface area (TPSA) is 26.3 Å². The van der Waals surface area contributed by atoms with Crippen LogP contribution < -0.4 is 4.74 Å². The first-order valence-electron chi connectivity index (χ1n) is 10.2. The number of carbonyl (C=O) groups excluding carboxylic acids is 1. The van der Waals surface area contributed by atoms with E-state index in [0.29, 0.717) is 12.2 Å². The Morgan fingerprint density at radius 2 is 1.36 bits per heavy atom. The molecule has 0 fully saturated rings. The van der Waals surface area contributed by atoms with Crippen LogP contribution in [-0.2, 0) is 4.79 Å². The average molecular weight is 345 g/mol. The summed E-state index contributed by atoms with van der Waals surface area (Å²) in [5.74, 6) is 0.424. The highest BCUT2D eigenvalue weighted by Crippen LogP contribution is 2.12. The largest absolute Gasteiger partial charge is 0.426 e. The molecule has 0 saturated heterocycles. The molecule has 0 radical (unpaired) electrons. The van der Waals surface area contributed by atoms with Crippen molar-refractivity contribution in [2.45, 2.75) is 90.4 Å². The van der Waals surface area contributed by atoms with Crippen LogP contribution in [0.5, 0.6) is 5.75 Å². The fraction of sp³-hybridized carbons (Fsp3) is 0.609. The Balaban J connectivity index is 1.86. The van der Waals surface area contributed by atoms with Gasteiger partial charge in [-0.2, -0.15) is 0 Å². The van der Waals surface area contributed by atoms with E-state index in [1.165, 1.54) is 70.6 Å². The first-order valence-corrected chi connectivity index (χ1v) is 10.2. The first-order chi connectivity index (χ1) is 12.3. The molecule has 1 aromatic rings. The molecule has 2 nitrogen and oxygen atoms in total. The molecular formula is C23H36O2. The number of carbonyl (C=O) groups is 1. The lowest BCUT2D eigenvalue weighted by Gasteiger charge is -2.02. The molecule has 0 heterocycles. The highest BCUT2D eigenvalue weighted by atomic mass is 16.5. The maximum atomic E-state index is 11.7. The number of para-hydroxylation sites is 1. The summed E-state index contributed by atoms with van der Waals surface area (Å²) in [5, 5.41) is 0. The fourth-order valence-electron chi connectivity index (χ4n) is 2.89. The van der Waals surface area contributed by atoms with Crippen molar-refractivity contribution >= 4 is 5.97 Å². The molecule has 2 heteroatoms. The van der Waals surface area contributed by atoms with E-state index in [-0.39, 0.29) is 5.97 Å². The average Bonchev–Trinajstić information content (AvgIpc) is 2.63. The fourth-order valence-corrected chi connectivity index (χ4v) is 2.89. The van der Waals surface area contributed by atoms with Gasteiger partial charge in [-0.15, -0.1) is 0 Å². The lowest BCUT2D eigenvalue weighted by molar-refractivity contribution is -0.133. The van der Waals surface area contributed by atoms with Crippen molar-refractivity contribution in [2.24, 2.45) is 0 Å². The molecule has 140 valence electrons. The molecule has 0 aromatic heterocycles. The van der Waals surface area contributed by atoms with Crippen LogP contribution in [0.4, 0.5) is 0 Å². The number of hydrogen-bond donors (Lipinski definition) is 0. The molecule has 0 unspecified atom stereocenters. The molecule has 1 rings (SSSR count). The number of rotatable bonds is 15. The van der Waals surface area contributed by atoms with Crippen molar-refractivity contribution in [3.8, 4) is 5.75 Å². The summed E-state index contributed by atoms with van der Waals surface area (Å²) in [4.78, 5) is 11.7. The number of unbranched alkanes of at least 4 members (excludes halogenated alkanes) is 11. The van der Waals surface area contributed by atoms with Gasteiger partial charge in [-0.1, -0.05) is 101 Å². The molecule has 1 aromatic carbocycles. The van der Waals surface area contributed by atoms with Crippen molar-refractivity contribution in [3.63, 3.8) is 0 Å². The predicted octanol–water partition coefficient (Wildman–Crippen LogP) is 7.24. The molecular weight excluding hydrogens is 308 g/mol. The predicted molar refractivity (Wildman–Crippen MR) is 107 cm³/mol. The maximum Gasteiger partial charge on any atom is 0.315 e. The number of benzene rings is 1. The van der Waals surface area contributed by atoms with Crippen LogP contribution in [0.2, 0.25) is 0 Å². The monoisotopic (exact) mass is 344 g/mol. The van der Waals surface area contributed by atoms with Crippen LogP contribution in [0.3, 0.4) is 0 Å². The van der Waals surface area contributed by atoms with E-state index in [4.69, 9.17) is 4.74 Å². The van der Waals surface area contributed by atoms with Gasteiger partial charge in [-0.3, -0.25) is 4.79 Å². The van der Waals surface area contributed by atoms with Gasteiger partial charge in [-0.25, -0.2) is 0 Å². The van der Waals surface area contributed by atoms with Gasteiger partial charge in [0.1, 0.15) is 5.75 Å². The zero-order valence-electron chi connectivity index (χ0n) is 16.1. The zero-order chi connectivity index (χ0) is 18.0. The highest BCUT2D eigenvalue weighted by Gasteiger charge is 2.00. The van der Waals surface area contributed by atoms with Crippen molar-refractivity contribution < 1.29 is 9.53 Å². The third-order valence-electron chi connectivity index (χ3n) is 4.40. The summed E-state index contributed by atoms with van der Waals surface area (Å²) in [7, 11) is 0. The summed E-state index contributed by atoms with van der Waals surface area (Å²) in [5.41, 5.74) is 0. The van der Waals surface area contributed by atoms with Crippen LogP contribution >= 0.6 is 0 Å². The molecule has 0 aliphatic carbocycles. The molecule has 0 spiro atoms. The molecule has 0 bridgehead atoms. The normalized spacial score (nSPS) is 11.1. The minimum absolute atomic E-state index is 0.193. The SMILES string of the molecule is CCCCCCCCCCCCC/C=C/CC(=O)Oc1ccccc1. The smallest absolute Gasteiger partial charge is 0.315 e. The maximum absolute atomic E-state index is 11.7. The van der Waals surface area contributed by atoms with Crippen molar-refractivity contribution in [1.29, 1.82) is 0 Å². The third-order valence-corrected chi connectivity index (χ3v) is 4.40. The third kappa shape index (κ3) is 13.4. The second-order valence-corrected chi connectivity index (χ2v) is 6.79. The molecule has 0 amide bonds. The summed E-state index contributed by atoms with van der Waals surface area (Å²) < 4.78 is 5.24. The van der Waals surface area contributed by atoms with Crippen LogP contribution in [0.15, 0.2) is 42.5 Å². The van der Waals surface area contributed by atoms with Gasteiger partial charge >= 0.3 is 5.97 Å². The number of esters is 1. The van der Waals surface area contributed by atoms with E-state index in [1.807, 2.05) is 24.3 Å². The number of ether oxygens (including phenoxy) is 1. The molecule has 0 aliphatic rings. The minimum Gasteiger partial charge on any atom is -0.426 e. The van der Waals surface area contributed by atoms with E-state index in [1.54, 1.807) is 12.1 Å². The number of allylic oxidation sites excluding steroid dienone is 1. The number of hydrogen-bond acceptors (Lipinski definition) is 2. The Bertz CT molecular complexity index is 450. The summed E-state index contributed by atoms with van der Waals surface area (Å²) in [6.45, 7) is 2.27.